The molecule has 1 aliphatic heterocycles. The third-order valence-electron chi connectivity index (χ3n) is 3.90. The minimum Gasteiger partial charge on any atom is -0.376 e. The number of ether oxygens (including phenoxy) is 1. The van der Waals surface area contributed by atoms with Crippen molar-refractivity contribution in [2.24, 2.45) is 0 Å². The van der Waals surface area contributed by atoms with Crippen molar-refractivity contribution in [3.05, 3.63) is 51.1 Å². The van der Waals surface area contributed by atoms with E-state index in [2.05, 4.69) is 27.4 Å². The second-order valence-corrected chi connectivity index (χ2v) is 8.73. The molecule has 1 aromatic carbocycles. The lowest BCUT2D eigenvalue weighted by Gasteiger charge is -2.25. The quantitative estimate of drug-likeness (QED) is 0.595. The van der Waals surface area contributed by atoms with Gasteiger partial charge in [0.05, 0.1) is 18.4 Å². The number of thioether (sulfide) groups is 1. The average Bonchev–Trinajstić information content (AvgIpc) is 3.27. The summed E-state index contributed by atoms with van der Waals surface area (Å²) in [6.07, 6.45) is 2.33. The number of benzene rings is 1. The molecular weight excluding hydrogens is 406 g/mol. The van der Waals surface area contributed by atoms with E-state index in [1.165, 1.54) is 4.88 Å². The molecule has 1 unspecified atom stereocenters. The highest BCUT2D eigenvalue weighted by atomic mass is 79.9. The second-order valence-electron chi connectivity index (χ2n) is 5.73. The molecule has 0 spiro atoms. The van der Waals surface area contributed by atoms with E-state index < -0.39 is 0 Å². The SMILES string of the molecule is O=C(CSc1ccc(Br)cc1)N(Cc1cccs1)CC1CCCO1. The number of thiophene rings is 1. The van der Waals surface area contributed by atoms with Crippen LogP contribution in [0, 0.1) is 0 Å². The van der Waals surface area contributed by atoms with Crippen molar-refractivity contribution in [3.8, 4) is 0 Å². The highest BCUT2D eigenvalue weighted by molar-refractivity contribution is 9.10. The van der Waals surface area contributed by atoms with Gasteiger partial charge in [0.2, 0.25) is 5.91 Å². The van der Waals surface area contributed by atoms with Gasteiger partial charge < -0.3 is 9.64 Å². The Hall–Kier alpha value is -0.820. The summed E-state index contributed by atoms with van der Waals surface area (Å²) in [4.78, 5) is 17.0. The summed E-state index contributed by atoms with van der Waals surface area (Å²) in [5.41, 5.74) is 0. The van der Waals surface area contributed by atoms with Gasteiger partial charge in [-0.3, -0.25) is 4.79 Å². The fourth-order valence-corrected chi connectivity index (χ4v) is 4.43. The number of nitrogens with zero attached hydrogens (tertiary/aromatic N) is 1. The van der Waals surface area contributed by atoms with Gasteiger partial charge in [-0.05, 0) is 48.6 Å². The fraction of sp³-hybridized carbons (Fsp3) is 0.389. The van der Waals surface area contributed by atoms with Crippen LogP contribution in [-0.4, -0.2) is 35.8 Å². The number of amides is 1. The molecule has 0 saturated carbocycles. The second kappa shape index (κ2) is 9.04. The predicted molar refractivity (Wildman–Crippen MR) is 104 cm³/mol. The van der Waals surface area contributed by atoms with Gasteiger partial charge >= 0.3 is 0 Å². The summed E-state index contributed by atoms with van der Waals surface area (Å²) in [6, 6.07) is 12.2. The first-order valence-corrected chi connectivity index (χ1v) is 10.7. The molecule has 3 rings (SSSR count). The zero-order valence-corrected chi connectivity index (χ0v) is 16.5. The van der Waals surface area contributed by atoms with Crippen LogP contribution in [0.1, 0.15) is 17.7 Å². The van der Waals surface area contributed by atoms with Crippen molar-refractivity contribution in [1.82, 2.24) is 4.90 Å². The fourth-order valence-electron chi connectivity index (χ4n) is 2.65. The van der Waals surface area contributed by atoms with Gasteiger partial charge in [-0.1, -0.05) is 22.0 Å². The van der Waals surface area contributed by atoms with Crippen LogP contribution in [0.2, 0.25) is 0 Å². The lowest BCUT2D eigenvalue weighted by molar-refractivity contribution is -0.130. The number of hydrogen-bond donors (Lipinski definition) is 0. The largest absolute Gasteiger partial charge is 0.376 e. The molecule has 1 aromatic heterocycles. The summed E-state index contributed by atoms with van der Waals surface area (Å²) in [5, 5.41) is 2.06. The minimum absolute atomic E-state index is 0.173. The van der Waals surface area contributed by atoms with Crippen LogP contribution in [0.15, 0.2) is 51.1 Å². The summed E-state index contributed by atoms with van der Waals surface area (Å²) in [5.74, 6) is 0.631. The van der Waals surface area contributed by atoms with Gasteiger partial charge in [-0.15, -0.1) is 23.1 Å². The highest BCUT2D eigenvalue weighted by Crippen LogP contribution is 2.23. The van der Waals surface area contributed by atoms with E-state index in [0.717, 1.165) is 28.8 Å². The minimum atomic E-state index is 0.173. The lowest BCUT2D eigenvalue weighted by atomic mass is 10.2. The number of rotatable bonds is 7. The van der Waals surface area contributed by atoms with Crippen molar-refractivity contribution >= 4 is 44.9 Å². The van der Waals surface area contributed by atoms with E-state index in [1.807, 2.05) is 35.2 Å². The van der Waals surface area contributed by atoms with Crippen molar-refractivity contribution in [2.45, 2.75) is 30.4 Å². The van der Waals surface area contributed by atoms with Crippen molar-refractivity contribution in [1.29, 1.82) is 0 Å². The monoisotopic (exact) mass is 425 g/mol. The molecule has 24 heavy (non-hydrogen) atoms. The Morgan fingerprint density at radius 2 is 2.17 bits per heavy atom. The molecule has 0 radical (unpaired) electrons. The topological polar surface area (TPSA) is 29.5 Å². The van der Waals surface area contributed by atoms with E-state index in [4.69, 9.17) is 4.74 Å². The van der Waals surface area contributed by atoms with E-state index in [9.17, 15) is 4.79 Å². The number of halogens is 1. The van der Waals surface area contributed by atoms with E-state index >= 15 is 0 Å². The van der Waals surface area contributed by atoms with Crippen LogP contribution in [0.4, 0.5) is 0 Å². The van der Waals surface area contributed by atoms with Crippen LogP contribution >= 0.6 is 39.0 Å². The molecule has 128 valence electrons. The van der Waals surface area contributed by atoms with Crippen LogP contribution < -0.4 is 0 Å². The first kappa shape index (κ1) is 18.0. The first-order chi connectivity index (χ1) is 11.7. The Labute approximate surface area is 159 Å². The van der Waals surface area contributed by atoms with Gasteiger partial charge in [0.15, 0.2) is 0 Å². The summed E-state index contributed by atoms with van der Waals surface area (Å²) in [6.45, 7) is 2.19. The van der Waals surface area contributed by atoms with Crippen molar-refractivity contribution in [2.75, 3.05) is 18.9 Å². The van der Waals surface area contributed by atoms with Crippen LogP contribution in [0.25, 0.3) is 0 Å². The average molecular weight is 426 g/mol. The molecule has 1 fully saturated rings. The molecular formula is C18H20BrNO2S2. The smallest absolute Gasteiger partial charge is 0.233 e. The van der Waals surface area contributed by atoms with Gasteiger partial charge in [-0.25, -0.2) is 0 Å². The van der Waals surface area contributed by atoms with Gasteiger partial charge in [0.1, 0.15) is 0 Å². The maximum Gasteiger partial charge on any atom is 0.233 e. The molecule has 0 aliphatic carbocycles. The maximum absolute atomic E-state index is 12.7. The number of hydrogen-bond acceptors (Lipinski definition) is 4. The molecule has 2 aromatic rings. The summed E-state index contributed by atoms with van der Waals surface area (Å²) >= 11 is 6.72. The number of carbonyl (C=O) groups excluding carboxylic acids is 1. The summed E-state index contributed by atoms with van der Waals surface area (Å²) in [7, 11) is 0. The predicted octanol–water partition coefficient (Wildman–Crippen LogP) is 4.81. The van der Waals surface area contributed by atoms with Crippen LogP contribution in [0.5, 0.6) is 0 Å². The normalized spacial score (nSPS) is 17.1. The van der Waals surface area contributed by atoms with Gasteiger partial charge in [0.25, 0.3) is 0 Å². The van der Waals surface area contributed by atoms with Gasteiger partial charge in [-0.2, -0.15) is 0 Å². The first-order valence-electron chi connectivity index (χ1n) is 8.01. The maximum atomic E-state index is 12.7. The summed E-state index contributed by atoms with van der Waals surface area (Å²) < 4.78 is 6.78. The lowest BCUT2D eigenvalue weighted by Crippen LogP contribution is -2.37. The van der Waals surface area contributed by atoms with Gasteiger partial charge in [0, 0.05) is 27.4 Å². The Balaban J connectivity index is 1.59. The molecule has 2 heterocycles. The van der Waals surface area contributed by atoms with Crippen molar-refractivity contribution < 1.29 is 9.53 Å². The van der Waals surface area contributed by atoms with Crippen LogP contribution in [0.3, 0.4) is 0 Å². The zero-order valence-electron chi connectivity index (χ0n) is 13.3. The molecule has 1 atom stereocenters. The molecule has 0 bridgehead atoms. The van der Waals surface area contributed by atoms with E-state index in [1.54, 1.807) is 23.1 Å². The highest BCUT2D eigenvalue weighted by Gasteiger charge is 2.23. The molecule has 3 nitrogen and oxygen atoms in total. The Kier molecular flexibility index (Phi) is 6.77. The molecule has 1 amide bonds. The third-order valence-corrected chi connectivity index (χ3v) is 6.29. The van der Waals surface area contributed by atoms with Crippen molar-refractivity contribution in [3.63, 3.8) is 0 Å². The third kappa shape index (κ3) is 5.34. The zero-order chi connectivity index (χ0) is 16.8. The Morgan fingerprint density at radius 3 is 2.83 bits per heavy atom. The van der Waals surface area contributed by atoms with E-state index in [0.29, 0.717) is 18.8 Å². The Bertz CT molecular complexity index is 640. The van der Waals surface area contributed by atoms with Crippen LogP contribution in [-0.2, 0) is 16.1 Å². The standard InChI is InChI=1S/C18H20BrNO2S2/c19-14-5-7-16(8-6-14)24-13-18(21)20(11-15-3-1-9-22-15)12-17-4-2-10-23-17/h2,4-8,10,15H,1,3,9,11-13H2. The Morgan fingerprint density at radius 1 is 1.33 bits per heavy atom. The molecule has 0 N–H and O–H groups in total. The molecule has 6 heteroatoms. The van der Waals surface area contributed by atoms with E-state index in [-0.39, 0.29) is 12.0 Å². The molecule has 1 saturated heterocycles. The number of carbonyl (C=O) groups is 1. The molecule has 1 aliphatic rings.